The molecule has 206 valence electrons. The fourth-order valence-corrected chi connectivity index (χ4v) is 6.46. The molecule has 1 spiro atoms. The summed E-state index contributed by atoms with van der Waals surface area (Å²) in [4.78, 5) is 29.9. The normalized spacial score (nSPS) is 21.1. The molecule has 2 aliphatic carbocycles. The minimum absolute atomic E-state index is 0.105. The van der Waals surface area contributed by atoms with Crippen molar-refractivity contribution < 1.29 is 9.84 Å². The van der Waals surface area contributed by atoms with E-state index in [1.165, 1.54) is 0 Å². The molecule has 7 rings (SSSR count). The Morgan fingerprint density at radius 2 is 1.90 bits per heavy atom. The average molecular weight is 540 g/mol. The molecular formula is C30H33N7O3. The second-order valence-electron chi connectivity index (χ2n) is 11.0. The van der Waals surface area contributed by atoms with Gasteiger partial charge in [0.2, 0.25) is 5.95 Å². The summed E-state index contributed by atoms with van der Waals surface area (Å²) < 4.78 is 8.75. The first-order chi connectivity index (χ1) is 19.5. The molecule has 10 heteroatoms. The first kappa shape index (κ1) is 25.0. The van der Waals surface area contributed by atoms with Gasteiger partial charge in [-0.05, 0) is 61.6 Å². The third-order valence-electron chi connectivity index (χ3n) is 8.82. The highest BCUT2D eigenvalue weighted by molar-refractivity contribution is 5.77. The summed E-state index contributed by atoms with van der Waals surface area (Å²) >= 11 is 0. The van der Waals surface area contributed by atoms with Gasteiger partial charge in [-0.1, -0.05) is 19.1 Å². The number of benzene rings is 1. The molecule has 2 N–H and O–H groups in total. The Bertz CT molecular complexity index is 1670. The van der Waals surface area contributed by atoms with Crippen LogP contribution in [-0.4, -0.2) is 55.7 Å². The van der Waals surface area contributed by atoms with Crippen LogP contribution in [-0.2, 0) is 23.3 Å². The van der Waals surface area contributed by atoms with Gasteiger partial charge in [0, 0.05) is 36.1 Å². The third kappa shape index (κ3) is 3.77. The molecule has 0 bridgehead atoms. The number of aromatic nitrogens is 5. The lowest BCUT2D eigenvalue weighted by atomic mass is 9.84. The molecule has 3 aliphatic rings. The molecular weight excluding hydrogens is 506 g/mol. The van der Waals surface area contributed by atoms with E-state index in [0.29, 0.717) is 29.2 Å². The van der Waals surface area contributed by atoms with E-state index in [-0.39, 0.29) is 17.5 Å². The van der Waals surface area contributed by atoms with Gasteiger partial charge < -0.3 is 20.1 Å². The fourth-order valence-electron chi connectivity index (χ4n) is 6.46. The molecule has 40 heavy (non-hydrogen) atoms. The quantitative estimate of drug-likeness (QED) is 0.342. The monoisotopic (exact) mass is 539 g/mol. The first-order valence-corrected chi connectivity index (χ1v) is 14.0. The molecule has 4 aromatic rings. The summed E-state index contributed by atoms with van der Waals surface area (Å²) in [7, 11) is 0. The molecule has 10 nitrogen and oxygen atoms in total. The number of aliphatic hydroxyl groups is 1. The second kappa shape index (κ2) is 9.28. The van der Waals surface area contributed by atoms with Crippen molar-refractivity contribution in [3.63, 3.8) is 0 Å². The Balaban J connectivity index is 1.27. The number of anilines is 3. The number of nitrogens with one attached hydrogen (secondary N) is 1. The van der Waals surface area contributed by atoms with Gasteiger partial charge in [0.1, 0.15) is 11.0 Å². The number of nitrogens with zero attached hydrogens (tertiary/aromatic N) is 6. The number of hydrogen-bond acceptors (Lipinski definition) is 8. The lowest BCUT2D eigenvalue weighted by Crippen LogP contribution is -2.36. The van der Waals surface area contributed by atoms with Crippen LogP contribution in [0.2, 0.25) is 0 Å². The maximum absolute atomic E-state index is 13.4. The number of fused-ring (bicyclic) bond motifs is 2. The Labute approximate surface area is 231 Å². The van der Waals surface area contributed by atoms with Crippen LogP contribution >= 0.6 is 0 Å². The average Bonchev–Trinajstić information content (AvgIpc) is 3.67. The number of allylic oxidation sites excluding steroid dienone is 1. The highest BCUT2D eigenvalue weighted by Gasteiger charge is 2.63. The Kier molecular flexibility index (Phi) is 5.79. The van der Waals surface area contributed by atoms with Crippen molar-refractivity contribution in [1.82, 2.24) is 24.3 Å². The zero-order valence-electron chi connectivity index (χ0n) is 22.6. The fraction of sp³-hybridized carbons (Fsp3) is 0.400. The van der Waals surface area contributed by atoms with Gasteiger partial charge in [-0.2, -0.15) is 4.98 Å². The minimum atomic E-state index is -0.958. The van der Waals surface area contributed by atoms with Crippen LogP contribution in [0.5, 0.6) is 0 Å². The van der Waals surface area contributed by atoms with Crippen molar-refractivity contribution in [2.24, 2.45) is 5.41 Å². The zero-order valence-corrected chi connectivity index (χ0v) is 22.6. The van der Waals surface area contributed by atoms with Crippen LogP contribution in [0.4, 0.5) is 17.3 Å². The molecule has 1 aromatic carbocycles. The van der Waals surface area contributed by atoms with E-state index in [1.54, 1.807) is 21.6 Å². The van der Waals surface area contributed by atoms with E-state index in [0.717, 1.165) is 68.2 Å². The van der Waals surface area contributed by atoms with Crippen molar-refractivity contribution >= 4 is 28.4 Å². The van der Waals surface area contributed by atoms with Crippen molar-refractivity contribution in [2.75, 3.05) is 36.5 Å². The Hall–Kier alpha value is -4.02. The van der Waals surface area contributed by atoms with E-state index < -0.39 is 5.60 Å². The lowest BCUT2D eigenvalue weighted by molar-refractivity contribution is -0.0324. The summed E-state index contributed by atoms with van der Waals surface area (Å²) in [5.74, 6) is 0.913. The highest BCUT2D eigenvalue weighted by Crippen LogP contribution is 2.65. The van der Waals surface area contributed by atoms with Crippen LogP contribution in [0.15, 0.2) is 60.0 Å². The van der Waals surface area contributed by atoms with Crippen molar-refractivity contribution in [3.8, 4) is 5.82 Å². The summed E-state index contributed by atoms with van der Waals surface area (Å²) in [6.07, 6.45) is 6.68. The van der Waals surface area contributed by atoms with E-state index in [2.05, 4.69) is 33.9 Å². The second-order valence-corrected chi connectivity index (χ2v) is 11.0. The standard InChI is InChI=1S/C30H33N7O3/c1-3-13-36-27(38)23-19-31-28(32-21-6-8-22(9-7-21)35-14-16-40-17-15-35)34-26(23)37(36)24-10-5-20-18-29(11-12-29)30(39,4-2)25(20)33-24/h3,5-10,19,39H,1,4,11-18H2,2H3,(H,31,32,34). The minimum Gasteiger partial charge on any atom is -0.383 e. The molecule has 1 unspecified atom stereocenters. The number of morpholine rings is 1. The van der Waals surface area contributed by atoms with Crippen LogP contribution < -0.4 is 15.8 Å². The Morgan fingerprint density at radius 1 is 1.12 bits per heavy atom. The Morgan fingerprint density at radius 3 is 2.60 bits per heavy atom. The van der Waals surface area contributed by atoms with E-state index in [4.69, 9.17) is 14.7 Å². The number of pyridine rings is 1. The van der Waals surface area contributed by atoms with E-state index >= 15 is 0 Å². The van der Waals surface area contributed by atoms with Crippen LogP contribution in [0.3, 0.4) is 0 Å². The summed E-state index contributed by atoms with van der Waals surface area (Å²) in [6, 6.07) is 12.1. The van der Waals surface area contributed by atoms with Crippen molar-refractivity contribution in [1.29, 1.82) is 0 Å². The smallest absolute Gasteiger partial charge is 0.278 e. The predicted molar refractivity (Wildman–Crippen MR) is 153 cm³/mol. The maximum Gasteiger partial charge on any atom is 0.278 e. The molecule has 4 heterocycles. The zero-order chi connectivity index (χ0) is 27.5. The summed E-state index contributed by atoms with van der Waals surface area (Å²) in [5, 5.41) is 15.4. The molecule has 3 aromatic heterocycles. The first-order valence-electron chi connectivity index (χ1n) is 14.0. The largest absolute Gasteiger partial charge is 0.383 e. The van der Waals surface area contributed by atoms with E-state index in [1.807, 2.05) is 31.2 Å². The van der Waals surface area contributed by atoms with Crippen LogP contribution in [0.1, 0.15) is 37.4 Å². The number of ether oxygens (including phenoxy) is 1. The third-order valence-corrected chi connectivity index (χ3v) is 8.82. The number of hydrogen-bond donors (Lipinski definition) is 2. The number of rotatable bonds is 7. The molecule has 0 radical (unpaired) electrons. The molecule has 1 saturated carbocycles. The van der Waals surface area contributed by atoms with Crippen LogP contribution in [0, 0.1) is 5.41 Å². The van der Waals surface area contributed by atoms with Gasteiger partial charge in [0.25, 0.3) is 5.56 Å². The molecule has 2 fully saturated rings. The maximum atomic E-state index is 13.4. The highest BCUT2D eigenvalue weighted by atomic mass is 16.5. The molecule has 1 saturated heterocycles. The van der Waals surface area contributed by atoms with Gasteiger partial charge >= 0.3 is 0 Å². The van der Waals surface area contributed by atoms with Gasteiger partial charge in [0.05, 0.1) is 25.5 Å². The van der Waals surface area contributed by atoms with E-state index in [9.17, 15) is 9.90 Å². The summed E-state index contributed by atoms with van der Waals surface area (Å²) in [6.45, 7) is 9.36. The van der Waals surface area contributed by atoms with Crippen molar-refractivity contribution in [3.05, 3.63) is 76.9 Å². The SMILES string of the molecule is C=CCn1c(=O)c2cnc(Nc3ccc(N4CCOCC4)cc3)nc2n1-c1ccc2c(n1)C(O)(CC)C1(CC1)C2. The molecule has 1 aliphatic heterocycles. The summed E-state index contributed by atoms with van der Waals surface area (Å²) in [5.41, 5.74) is 2.95. The van der Waals surface area contributed by atoms with Crippen LogP contribution in [0.25, 0.3) is 16.9 Å². The lowest BCUT2D eigenvalue weighted by Gasteiger charge is -2.29. The van der Waals surface area contributed by atoms with Gasteiger partial charge in [-0.15, -0.1) is 6.58 Å². The molecule has 1 atom stereocenters. The van der Waals surface area contributed by atoms with Gasteiger partial charge in [-0.3, -0.25) is 4.79 Å². The van der Waals surface area contributed by atoms with Gasteiger partial charge in [0.15, 0.2) is 11.5 Å². The predicted octanol–water partition coefficient (Wildman–Crippen LogP) is 3.68. The molecule has 0 amide bonds. The van der Waals surface area contributed by atoms with Crippen molar-refractivity contribution in [2.45, 2.75) is 44.8 Å². The topological polar surface area (TPSA) is 110 Å². The van der Waals surface area contributed by atoms with Gasteiger partial charge in [-0.25, -0.2) is 19.3 Å².